The molecule has 2 amide bonds. The van der Waals surface area contributed by atoms with Crippen molar-refractivity contribution in [2.45, 2.75) is 6.61 Å². The number of amides is 2. The lowest BCUT2D eigenvalue weighted by atomic mass is 10.1. The maximum atomic E-state index is 12.4. The van der Waals surface area contributed by atoms with E-state index in [1.807, 2.05) is 18.2 Å². The first kappa shape index (κ1) is 18.5. The Hall–Kier alpha value is -3.31. The largest absolute Gasteiger partial charge is 0.489 e. The SMILES string of the molecule is NC(=O)c1ccccc1NC(=O)c1ccc(OCc2ccccc2Cl)cc1. The Labute approximate surface area is 161 Å². The van der Waals surface area contributed by atoms with Gasteiger partial charge in [0.15, 0.2) is 0 Å². The van der Waals surface area contributed by atoms with Crippen molar-refractivity contribution < 1.29 is 14.3 Å². The quantitative estimate of drug-likeness (QED) is 0.670. The van der Waals surface area contributed by atoms with E-state index in [-0.39, 0.29) is 11.5 Å². The number of benzene rings is 3. The average Bonchev–Trinajstić information content (AvgIpc) is 2.68. The number of para-hydroxylation sites is 1. The van der Waals surface area contributed by atoms with E-state index in [4.69, 9.17) is 22.1 Å². The van der Waals surface area contributed by atoms with Crippen molar-refractivity contribution >= 4 is 29.1 Å². The molecule has 136 valence electrons. The molecule has 0 radical (unpaired) electrons. The van der Waals surface area contributed by atoms with Gasteiger partial charge in [0.05, 0.1) is 11.3 Å². The number of carbonyl (C=O) groups is 2. The first-order valence-corrected chi connectivity index (χ1v) is 8.59. The molecule has 0 spiro atoms. The lowest BCUT2D eigenvalue weighted by Crippen LogP contribution is -2.18. The van der Waals surface area contributed by atoms with Crippen LogP contribution in [0.1, 0.15) is 26.3 Å². The molecule has 0 saturated heterocycles. The Bertz CT molecular complexity index is 971. The molecule has 0 bridgehead atoms. The monoisotopic (exact) mass is 380 g/mol. The number of carbonyl (C=O) groups excluding carboxylic acids is 2. The van der Waals surface area contributed by atoms with Crippen LogP contribution in [0.2, 0.25) is 5.02 Å². The standard InChI is InChI=1S/C21H17ClN2O3/c22-18-7-3-1-5-15(18)13-27-16-11-9-14(10-12-16)21(26)24-19-8-4-2-6-17(19)20(23)25/h1-12H,13H2,(H2,23,25)(H,24,26). The molecule has 0 aliphatic heterocycles. The zero-order valence-electron chi connectivity index (χ0n) is 14.3. The van der Waals surface area contributed by atoms with Crippen LogP contribution in [-0.4, -0.2) is 11.8 Å². The van der Waals surface area contributed by atoms with Gasteiger partial charge in [0.1, 0.15) is 12.4 Å². The Morgan fingerprint density at radius 2 is 1.59 bits per heavy atom. The van der Waals surface area contributed by atoms with Gasteiger partial charge in [-0.05, 0) is 42.5 Å². The molecule has 0 fully saturated rings. The van der Waals surface area contributed by atoms with Crippen molar-refractivity contribution in [1.82, 2.24) is 0 Å². The smallest absolute Gasteiger partial charge is 0.255 e. The van der Waals surface area contributed by atoms with Crippen LogP contribution in [0.3, 0.4) is 0 Å². The van der Waals surface area contributed by atoms with Gasteiger partial charge >= 0.3 is 0 Å². The molecule has 0 heterocycles. The number of halogens is 1. The van der Waals surface area contributed by atoms with Crippen LogP contribution in [0.15, 0.2) is 72.8 Å². The molecule has 27 heavy (non-hydrogen) atoms. The molecule has 0 aliphatic rings. The highest BCUT2D eigenvalue weighted by molar-refractivity contribution is 6.31. The second-order valence-electron chi connectivity index (χ2n) is 5.77. The van der Waals surface area contributed by atoms with Crippen LogP contribution in [-0.2, 0) is 6.61 Å². The summed E-state index contributed by atoms with van der Waals surface area (Å²) in [6.45, 7) is 0.331. The summed E-state index contributed by atoms with van der Waals surface area (Å²) >= 11 is 6.10. The summed E-state index contributed by atoms with van der Waals surface area (Å²) in [4.78, 5) is 23.8. The number of nitrogens with two attached hydrogens (primary N) is 1. The third-order valence-corrected chi connectivity index (χ3v) is 4.28. The molecule has 3 rings (SSSR count). The van der Waals surface area contributed by atoms with E-state index in [1.54, 1.807) is 54.6 Å². The van der Waals surface area contributed by atoms with E-state index < -0.39 is 5.91 Å². The van der Waals surface area contributed by atoms with Gasteiger partial charge < -0.3 is 15.8 Å². The fourth-order valence-corrected chi connectivity index (χ4v) is 2.67. The molecule has 3 aromatic rings. The molecule has 5 nitrogen and oxygen atoms in total. The van der Waals surface area contributed by atoms with Gasteiger partial charge in [-0.15, -0.1) is 0 Å². The maximum absolute atomic E-state index is 12.4. The summed E-state index contributed by atoms with van der Waals surface area (Å²) in [5, 5.41) is 3.34. The van der Waals surface area contributed by atoms with E-state index >= 15 is 0 Å². The van der Waals surface area contributed by atoms with E-state index in [9.17, 15) is 9.59 Å². The first-order chi connectivity index (χ1) is 13.0. The Balaban J connectivity index is 1.66. The minimum Gasteiger partial charge on any atom is -0.489 e. The molecule has 0 unspecified atom stereocenters. The van der Waals surface area contributed by atoms with Gasteiger partial charge in [-0.3, -0.25) is 9.59 Å². The third-order valence-electron chi connectivity index (χ3n) is 3.91. The predicted molar refractivity (Wildman–Crippen MR) is 105 cm³/mol. The highest BCUT2D eigenvalue weighted by Gasteiger charge is 2.12. The Morgan fingerprint density at radius 3 is 2.30 bits per heavy atom. The molecule has 6 heteroatoms. The fraction of sp³-hybridized carbons (Fsp3) is 0.0476. The summed E-state index contributed by atoms with van der Waals surface area (Å²) in [6, 6.07) is 20.7. The molecular weight excluding hydrogens is 364 g/mol. The predicted octanol–water partition coefficient (Wildman–Crippen LogP) is 4.27. The lowest BCUT2D eigenvalue weighted by molar-refractivity contribution is 0.100. The topological polar surface area (TPSA) is 81.4 Å². The van der Waals surface area contributed by atoms with Crippen molar-refractivity contribution in [3.05, 3.63) is 94.5 Å². The van der Waals surface area contributed by atoms with E-state index in [1.165, 1.54) is 0 Å². The lowest BCUT2D eigenvalue weighted by Gasteiger charge is -2.10. The molecule has 0 atom stereocenters. The minimum atomic E-state index is -0.603. The van der Waals surface area contributed by atoms with Gasteiger partial charge in [0.2, 0.25) is 0 Å². The van der Waals surface area contributed by atoms with Crippen molar-refractivity contribution in [2.24, 2.45) is 5.73 Å². The van der Waals surface area contributed by atoms with Crippen LogP contribution >= 0.6 is 11.6 Å². The van der Waals surface area contributed by atoms with Crippen LogP contribution in [0.25, 0.3) is 0 Å². The molecule has 0 aliphatic carbocycles. The Kier molecular flexibility index (Phi) is 5.74. The summed E-state index contributed by atoms with van der Waals surface area (Å²) in [6.07, 6.45) is 0. The number of primary amides is 1. The third kappa shape index (κ3) is 4.65. The van der Waals surface area contributed by atoms with Crippen LogP contribution in [0, 0.1) is 0 Å². The summed E-state index contributed by atoms with van der Waals surface area (Å²) < 4.78 is 5.70. The number of hydrogen-bond donors (Lipinski definition) is 2. The highest BCUT2D eigenvalue weighted by atomic mass is 35.5. The zero-order valence-corrected chi connectivity index (χ0v) is 15.1. The molecular formula is C21H17ClN2O3. The van der Waals surface area contributed by atoms with Crippen molar-refractivity contribution in [3.63, 3.8) is 0 Å². The second-order valence-corrected chi connectivity index (χ2v) is 6.18. The molecule has 0 saturated carbocycles. The van der Waals surface area contributed by atoms with Crippen LogP contribution < -0.4 is 15.8 Å². The normalized spacial score (nSPS) is 10.3. The van der Waals surface area contributed by atoms with E-state index in [0.717, 1.165) is 5.56 Å². The van der Waals surface area contributed by atoms with Crippen molar-refractivity contribution in [1.29, 1.82) is 0 Å². The zero-order chi connectivity index (χ0) is 19.2. The number of rotatable bonds is 6. The summed E-state index contributed by atoms with van der Waals surface area (Å²) in [5.74, 6) is -0.334. The molecule has 0 aromatic heterocycles. The summed E-state index contributed by atoms with van der Waals surface area (Å²) in [5.41, 5.74) is 7.26. The fourth-order valence-electron chi connectivity index (χ4n) is 2.48. The van der Waals surface area contributed by atoms with Gasteiger partial charge in [-0.25, -0.2) is 0 Å². The van der Waals surface area contributed by atoms with E-state index in [2.05, 4.69) is 5.32 Å². The number of nitrogens with one attached hydrogen (secondary N) is 1. The number of hydrogen-bond acceptors (Lipinski definition) is 3. The van der Waals surface area contributed by atoms with Gasteiger partial charge in [0.25, 0.3) is 11.8 Å². The average molecular weight is 381 g/mol. The number of anilines is 1. The minimum absolute atomic E-state index is 0.255. The van der Waals surface area contributed by atoms with Crippen LogP contribution in [0.5, 0.6) is 5.75 Å². The van der Waals surface area contributed by atoms with Crippen molar-refractivity contribution in [2.75, 3.05) is 5.32 Å². The highest BCUT2D eigenvalue weighted by Crippen LogP contribution is 2.20. The summed E-state index contributed by atoms with van der Waals surface area (Å²) in [7, 11) is 0. The van der Waals surface area contributed by atoms with Gasteiger partial charge in [-0.2, -0.15) is 0 Å². The number of ether oxygens (including phenoxy) is 1. The second kappa shape index (κ2) is 8.38. The van der Waals surface area contributed by atoms with Crippen molar-refractivity contribution in [3.8, 4) is 5.75 Å². The first-order valence-electron chi connectivity index (χ1n) is 8.21. The maximum Gasteiger partial charge on any atom is 0.255 e. The molecule has 3 N–H and O–H groups in total. The molecule has 3 aromatic carbocycles. The van der Waals surface area contributed by atoms with Gasteiger partial charge in [-0.1, -0.05) is 41.9 Å². The van der Waals surface area contributed by atoms with Crippen LogP contribution in [0.4, 0.5) is 5.69 Å². The Morgan fingerprint density at radius 1 is 0.926 bits per heavy atom. The van der Waals surface area contributed by atoms with E-state index in [0.29, 0.717) is 28.6 Å². The van der Waals surface area contributed by atoms with Gasteiger partial charge in [0, 0.05) is 16.1 Å².